The fourth-order valence-corrected chi connectivity index (χ4v) is 2.59. The molecule has 0 aromatic heterocycles. The molecule has 0 amide bonds. The number of nitrogens with one attached hydrogen (secondary N) is 1. The Labute approximate surface area is 152 Å². The first-order valence-electron chi connectivity index (χ1n) is 7.04. The van der Waals surface area contributed by atoms with Gasteiger partial charge in [0.1, 0.15) is 16.6 Å². The lowest BCUT2D eigenvalue weighted by Gasteiger charge is -2.14. The Hall–Kier alpha value is -1.99. The number of aryl methyl sites for hydroxylation is 1. The second-order valence-electron chi connectivity index (χ2n) is 5.10. The number of halogens is 2. The predicted octanol–water partition coefficient (Wildman–Crippen LogP) is 3.83. The summed E-state index contributed by atoms with van der Waals surface area (Å²) in [5.74, 6) is -1.04. The molecule has 0 spiro atoms. The summed E-state index contributed by atoms with van der Waals surface area (Å²) < 4.78 is 19.8. The highest BCUT2D eigenvalue weighted by Gasteiger charge is 2.12. The Kier molecular flexibility index (Phi) is 6.28. The summed E-state index contributed by atoms with van der Waals surface area (Å²) in [6, 6.07) is 10.1. The van der Waals surface area contributed by atoms with Crippen LogP contribution >= 0.6 is 28.1 Å². The van der Waals surface area contributed by atoms with E-state index in [0.717, 1.165) is 5.56 Å². The van der Waals surface area contributed by atoms with Crippen LogP contribution < -0.4 is 10.1 Å². The third kappa shape index (κ3) is 5.01. The zero-order valence-corrected chi connectivity index (χ0v) is 15.2. The van der Waals surface area contributed by atoms with Gasteiger partial charge in [-0.2, -0.15) is 0 Å². The number of carboxylic acid groups (broad SMARTS) is 1. The van der Waals surface area contributed by atoms with Gasteiger partial charge in [-0.05, 0) is 31.2 Å². The van der Waals surface area contributed by atoms with Gasteiger partial charge in [0, 0.05) is 16.6 Å². The average Bonchev–Trinajstić information content (AvgIpc) is 2.52. The van der Waals surface area contributed by atoms with Crippen molar-refractivity contribution in [1.82, 2.24) is 5.32 Å². The van der Waals surface area contributed by atoms with E-state index in [2.05, 4.69) is 21.2 Å². The van der Waals surface area contributed by atoms with E-state index in [0.29, 0.717) is 26.3 Å². The quantitative estimate of drug-likeness (QED) is 0.707. The van der Waals surface area contributed by atoms with Gasteiger partial charge >= 0.3 is 5.97 Å². The van der Waals surface area contributed by atoms with Crippen molar-refractivity contribution in [3.8, 4) is 5.75 Å². The van der Waals surface area contributed by atoms with E-state index in [9.17, 15) is 9.18 Å². The molecule has 0 aliphatic heterocycles. The molecule has 2 N–H and O–H groups in total. The number of rotatable bonds is 6. The Morgan fingerprint density at radius 2 is 2.08 bits per heavy atom. The predicted molar refractivity (Wildman–Crippen MR) is 96.9 cm³/mol. The van der Waals surface area contributed by atoms with Crippen molar-refractivity contribution in [2.75, 3.05) is 6.61 Å². The van der Waals surface area contributed by atoms with Gasteiger partial charge in [0.2, 0.25) is 0 Å². The number of thiocarbonyl (C=S) groups is 1. The summed E-state index contributed by atoms with van der Waals surface area (Å²) in [4.78, 5) is 11.0. The molecule has 0 unspecified atom stereocenters. The zero-order chi connectivity index (χ0) is 17.7. The van der Waals surface area contributed by atoms with Gasteiger partial charge in [0.05, 0.1) is 5.56 Å². The van der Waals surface area contributed by atoms with Gasteiger partial charge in [-0.1, -0.05) is 45.8 Å². The molecular formula is C17H15BrFNO3S. The zero-order valence-electron chi connectivity index (χ0n) is 12.8. The molecule has 2 rings (SSSR count). The molecule has 0 atom stereocenters. The number of benzene rings is 2. The molecule has 7 heteroatoms. The molecule has 0 aliphatic carbocycles. The van der Waals surface area contributed by atoms with Crippen molar-refractivity contribution in [3.05, 3.63) is 63.4 Å². The standard InChI is InChI=1S/C17H15BrFNO3S/c1-10-2-5-15(23-9-16(21)22)13(6-10)17(24)20-8-11-3-4-12(18)7-14(11)19/h2-7H,8-9H2,1H3,(H,20,24)(H,21,22). The first kappa shape index (κ1) is 18.4. The maximum absolute atomic E-state index is 13.9. The van der Waals surface area contributed by atoms with Crippen LogP contribution in [0.3, 0.4) is 0 Å². The van der Waals surface area contributed by atoms with E-state index in [-0.39, 0.29) is 12.4 Å². The monoisotopic (exact) mass is 411 g/mol. The van der Waals surface area contributed by atoms with Crippen molar-refractivity contribution in [1.29, 1.82) is 0 Å². The van der Waals surface area contributed by atoms with E-state index >= 15 is 0 Å². The van der Waals surface area contributed by atoms with Crippen LogP contribution in [0.4, 0.5) is 4.39 Å². The minimum absolute atomic E-state index is 0.213. The summed E-state index contributed by atoms with van der Waals surface area (Å²) in [5, 5.41) is 11.7. The summed E-state index contributed by atoms with van der Waals surface area (Å²) in [5.41, 5.74) is 2.00. The summed E-state index contributed by atoms with van der Waals surface area (Å²) >= 11 is 8.55. The highest BCUT2D eigenvalue weighted by Crippen LogP contribution is 2.21. The van der Waals surface area contributed by atoms with Crippen molar-refractivity contribution < 1.29 is 19.0 Å². The molecule has 24 heavy (non-hydrogen) atoms. The molecule has 4 nitrogen and oxygen atoms in total. The van der Waals surface area contributed by atoms with Crippen LogP contribution in [0.25, 0.3) is 0 Å². The van der Waals surface area contributed by atoms with Crippen molar-refractivity contribution in [2.24, 2.45) is 0 Å². The fourth-order valence-electron chi connectivity index (χ4n) is 2.02. The lowest BCUT2D eigenvalue weighted by Crippen LogP contribution is -2.23. The van der Waals surface area contributed by atoms with Crippen LogP contribution in [-0.4, -0.2) is 22.7 Å². The van der Waals surface area contributed by atoms with E-state index in [1.54, 1.807) is 30.3 Å². The molecule has 0 heterocycles. The van der Waals surface area contributed by atoms with Crippen molar-refractivity contribution in [3.63, 3.8) is 0 Å². The van der Waals surface area contributed by atoms with Crippen LogP contribution in [0.15, 0.2) is 40.9 Å². The molecule has 0 saturated heterocycles. The third-order valence-corrected chi connectivity index (χ3v) is 4.04. The van der Waals surface area contributed by atoms with Gasteiger partial charge < -0.3 is 15.2 Å². The van der Waals surface area contributed by atoms with Gasteiger partial charge in [0.15, 0.2) is 6.61 Å². The van der Waals surface area contributed by atoms with Gasteiger partial charge in [-0.25, -0.2) is 9.18 Å². The normalized spacial score (nSPS) is 10.3. The lowest BCUT2D eigenvalue weighted by atomic mass is 10.1. The molecule has 2 aromatic carbocycles. The number of ether oxygens (including phenoxy) is 1. The first-order valence-corrected chi connectivity index (χ1v) is 8.24. The van der Waals surface area contributed by atoms with E-state index in [4.69, 9.17) is 22.1 Å². The van der Waals surface area contributed by atoms with E-state index < -0.39 is 12.6 Å². The molecule has 0 radical (unpaired) electrons. The Morgan fingerprint density at radius 1 is 1.33 bits per heavy atom. The van der Waals surface area contributed by atoms with Crippen LogP contribution in [-0.2, 0) is 11.3 Å². The van der Waals surface area contributed by atoms with Crippen molar-refractivity contribution in [2.45, 2.75) is 13.5 Å². The summed E-state index contributed by atoms with van der Waals surface area (Å²) in [6.45, 7) is 1.64. The van der Waals surface area contributed by atoms with Crippen LogP contribution in [0.2, 0.25) is 0 Å². The van der Waals surface area contributed by atoms with E-state index in [1.165, 1.54) is 6.07 Å². The number of aliphatic carboxylic acids is 1. The minimum atomic E-state index is -1.07. The lowest BCUT2D eigenvalue weighted by molar-refractivity contribution is -0.139. The molecule has 0 fully saturated rings. The second kappa shape index (κ2) is 8.21. The van der Waals surface area contributed by atoms with E-state index in [1.807, 2.05) is 6.92 Å². The maximum Gasteiger partial charge on any atom is 0.341 e. The first-order chi connectivity index (χ1) is 11.4. The highest BCUT2D eigenvalue weighted by atomic mass is 79.9. The summed E-state index contributed by atoms with van der Waals surface area (Å²) in [6.07, 6.45) is 0. The Bertz CT molecular complexity index is 782. The Morgan fingerprint density at radius 3 is 2.75 bits per heavy atom. The Balaban J connectivity index is 2.13. The molecule has 0 bridgehead atoms. The van der Waals surface area contributed by atoms with Crippen LogP contribution in [0, 0.1) is 12.7 Å². The minimum Gasteiger partial charge on any atom is -0.481 e. The van der Waals surface area contributed by atoms with Gasteiger partial charge in [0.25, 0.3) is 0 Å². The smallest absolute Gasteiger partial charge is 0.341 e. The fraction of sp³-hybridized carbons (Fsp3) is 0.176. The number of carboxylic acids is 1. The summed E-state index contributed by atoms with van der Waals surface area (Å²) in [7, 11) is 0. The highest BCUT2D eigenvalue weighted by molar-refractivity contribution is 9.10. The van der Waals surface area contributed by atoms with Crippen LogP contribution in [0.5, 0.6) is 5.75 Å². The van der Waals surface area contributed by atoms with Gasteiger partial charge in [-0.3, -0.25) is 0 Å². The molecule has 0 aliphatic rings. The van der Waals surface area contributed by atoms with Gasteiger partial charge in [-0.15, -0.1) is 0 Å². The number of carbonyl (C=O) groups is 1. The average molecular weight is 412 g/mol. The third-order valence-electron chi connectivity index (χ3n) is 3.19. The molecule has 0 saturated carbocycles. The molecule has 126 valence electrons. The second-order valence-corrected chi connectivity index (χ2v) is 6.42. The number of hydrogen-bond acceptors (Lipinski definition) is 3. The number of hydrogen-bond donors (Lipinski definition) is 2. The van der Waals surface area contributed by atoms with Crippen LogP contribution in [0.1, 0.15) is 16.7 Å². The largest absolute Gasteiger partial charge is 0.481 e. The maximum atomic E-state index is 13.9. The van der Waals surface area contributed by atoms with Crippen molar-refractivity contribution >= 4 is 39.1 Å². The molecular weight excluding hydrogens is 397 g/mol. The topological polar surface area (TPSA) is 58.6 Å². The molecule has 2 aromatic rings. The SMILES string of the molecule is Cc1ccc(OCC(=O)O)c(C(=S)NCc2ccc(Br)cc2F)c1.